The van der Waals surface area contributed by atoms with Gasteiger partial charge in [-0.3, -0.25) is 4.57 Å². The highest BCUT2D eigenvalue weighted by atomic mass is 31.2. The molecule has 5 heteroatoms. The molecule has 0 saturated carbocycles. The highest BCUT2D eigenvalue weighted by molar-refractivity contribution is 7.53. The van der Waals surface area contributed by atoms with E-state index in [2.05, 4.69) is 5.32 Å². The van der Waals surface area contributed by atoms with Crippen LogP contribution in [0.2, 0.25) is 0 Å². The van der Waals surface area contributed by atoms with Gasteiger partial charge in [0.05, 0.1) is 19.4 Å². The molecule has 0 aromatic heterocycles. The average molecular weight is 221 g/mol. The van der Waals surface area contributed by atoms with Gasteiger partial charge in [-0.2, -0.15) is 0 Å². The predicted octanol–water partition coefficient (Wildman–Crippen LogP) is 2.00. The largest absolute Gasteiger partial charge is 0.330 e. The summed E-state index contributed by atoms with van der Waals surface area (Å²) in [6.07, 6.45) is 2.60. The molecular weight excluding hydrogens is 201 g/mol. The molecular formula is C9H20NO3P. The van der Waals surface area contributed by atoms with Crippen LogP contribution in [0.3, 0.4) is 0 Å². The summed E-state index contributed by atoms with van der Waals surface area (Å²) in [5.41, 5.74) is 0. The smallest absolute Gasteiger partial charge is 0.314 e. The summed E-state index contributed by atoms with van der Waals surface area (Å²) in [5, 5.41) is 3.27. The molecule has 0 amide bonds. The summed E-state index contributed by atoms with van der Waals surface area (Å²) < 4.78 is 22.4. The number of nitrogens with one attached hydrogen (secondary N) is 1. The molecule has 1 unspecified atom stereocenters. The molecule has 0 bridgehead atoms. The maximum atomic E-state index is 12.0. The third-order valence-electron chi connectivity index (χ3n) is 2.33. The molecule has 0 aromatic rings. The van der Waals surface area contributed by atoms with Gasteiger partial charge in [-0.15, -0.1) is 0 Å². The molecule has 14 heavy (non-hydrogen) atoms. The molecule has 1 aliphatic rings. The van der Waals surface area contributed by atoms with Crippen molar-refractivity contribution < 1.29 is 13.6 Å². The molecule has 0 spiro atoms. The lowest BCUT2D eigenvalue weighted by Crippen LogP contribution is -2.43. The first-order chi connectivity index (χ1) is 6.70. The van der Waals surface area contributed by atoms with Gasteiger partial charge in [0.25, 0.3) is 0 Å². The fraction of sp³-hybridized carbons (Fsp3) is 1.00. The van der Waals surface area contributed by atoms with Crippen LogP contribution in [0.15, 0.2) is 0 Å². The second kappa shape index (κ2) is 5.86. The lowest BCUT2D eigenvalue weighted by Gasteiger charge is -2.28. The molecule has 1 saturated heterocycles. The topological polar surface area (TPSA) is 47.6 Å². The molecule has 1 heterocycles. The molecule has 1 rings (SSSR count). The van der Waals surface area contributed by atoms with E-state index in [-0.39, 0.29) is 0 Å². The van der Waals surface area contributed by atoms with Crippen molar-refractivity contribution in [2.75, 3.05) is 25.9 Å². The van der Waals surface area contributed by atoms with Gasteiger partial charge in [-0.05, 0) is 33.2 Å². The van der Waals surface area contributed by atoms with Gasteiger partial charge in [-0.25, -0.2) is 0 Å². The fourth-order valence-corrected chi connectivity index (χ4v) is 3.22. The Morgan fingerprint density at radius 1 is 1.36 bits per heavy atom. The van der Waals surface area contributed by atoms with Gasteiger partial charge < -0.3 is 14.4 Å². The van der Waals surface area contributed by atoms with E-state index < -0.39 is 7.60 Å². The van der Waals surface area contributed by atoms with Gasteiger partial charge in [0.1, 0.15) is 0 Å². The van der Waals surface area contributed by atoms with E-state index >= 15 is 0 Å². The third-order valence-corrected chi connectivity index (χ3v) is 4.44. The first-order valence-electron chi connectivity index (χ1n) is 5.31. The van der Waals surface area contributed by atoms with Gasteiger partial charge in [0.15, 0.2) is 0 Å². The standard InChI is InChI=1S/C9H20NO3P/c1-3-12-14(11,13-4-2)8-6-9-5-7-10-9/h9-10H,3-8H2,1-2H3. The minimum atomic E-state index is -2.79. The van der Waals surface area contributed by atoms with Crippen molar-refractivity contribution in [3.8, 4) is 0 Å². The van der Waals surface area contributed by atoms with E-state index in [9.17, 15) is 4.57 Å². The molecule has 1 fully saturated rings. The van der Waals surface area contributed by atoms with Crippen LogP contribution in [0, 0.1) is 0 Å². The Labute approximate surface area is 85.9 Å². The molecule has 4 nitrogen and oxygen atoms in total. The van der Waals surface area contributed by atoms with Gasteiger partial charge in [0, 0.05) is 6.04 Å². The summed E-state index contributed by atoms with van der Waals surface area (Å²) in [6, 6.07) is 0.518. The van der Waals surface area contributed by atoms with Crippen molar-refractivity contribution in [3.05, 3.63) is 0 Å². The highest BCUT2D eigenvalue weighted by Gasteiger charge is 2.26. The summed E-state index contributed by atoms with van der Waals surface area (Å²) in [5.74, 6) is 0. The second-order valence-electron chi connectivity index (χ2n) is 3.40. The van der Waals surface area contributed by atoms with E-state index in [1.165, 1.54) is 6.42 Å². The normalized spacial score (nSPS) is 22.0. The average Bonchev–Trinajstić information content (AvgIpc) is 2.02. The zero-order valence-corrected chi connectivity index (χ0v) is 9.89. The van der Waals surface area contributed by atoms with Crippen molar-refractivity contribution >= 4 is 7.60 Å². The maximum absolute atomic E-state index is 12.0. The summed E-state index contributed by atoms with van der Waals surface area (Å²) in [6.45, 7) is 5.67. The number of rotatable bonds is 7. The Morgan fingerprint density at radius 2 is 1.93 bits per heavy atom. The zero-order chi connectivity index (χ0) is 10.4. The quantitative estimate of drug-likeness (QED) is 0.668. The van der Waals surface area contributed by atoms with Gasteiger partial charge >= 0.3 is 7.60 Å². The van der Waals surface area contributed by atoms with Gasteiger partial charge in [0.2, 0.25) is 0 Å². The summed E-state index contributed by atoms with van der Waals surface area (Å²) >= 11 is 0. The van der Waals surface area contributed by atoms with Gasteiger partial charge in [-0.1, -0.05) is 0 Å². The summed E-state index contributed by atoms with van der Waals surface area (Å²) in [7, 11) is -2.79. The molecule has 0 aliphatic carbocycles. The van der Waals surface area contributed by atoms with E-state index in [1.807, 2.05) is 13.8 Å². The highest BCUT2D eigenvalue weighted by Crippen LogP contribution is 2.48. The SMILES string of the molecule is CCOP(=O)(CCC1CCN1)OCC. The van der Waals surface area contributed by atoms with Crippen LogP contribution in [0.5, 0.6) is 0 Å². The molecule has 1 atom stereocenters. The fourth-order valence-electron chi connectivity index (χ4n) is 1.47. The minimum Gasteiger partial charge on any atom is -0.314 e. The molecule has 84 valence electrons. The molecule has 1 aliphatic heterocycles. The molecule has 1 N–H and O–H groups in total. The van der Waals surface area contributed by atoms with Crippen LogP contribution in [0.25, 0.3) is 0 Å². The van der Waals surface area contributed by atoms with Crippen molar-refractivity contribution in [3.63, 3.8) is 0 Å². The van der Waals surface area contributed by atoms with Crippen LogP contribution < -0.4 is 5.32 Å². The lowest BCUT2D eigenvalue weighted by atomic mass is 10.1. The summed E-state index contributed by atoms with van der Waals surface area (Å²) in [4.78, 5) is 0. The van der Waals surface area contributed by atoms with Crippen LogP contribution in [-0.2, 0) is 13.6 Å². The lowest BCUT2D eigenvalue weighted by molar-refractivity contribution is 0.217. The first-order valence-corrected chi connectivity index (χ1v) is 7.04. The van der Waals surface area contributed by atoms with Crippen molar-refractivity contribution in [1.82, 2.24) is 5.32 Å². The molecule has 0 aromatic carbocycles. The van der Waals surface area contributed by atoms with Crippen molar-refractivity contribution in [2.45, 2.75) is 32.7 Å². The predicted molar refractivity (Wildman–Crippen MR) is 56.8 cm³/mol. The van der Waals surface area contributed by atoms with E-state index in [1.54, 1.807) is 0 Å². The van der Waals surface area contributed by atoms with E-state index in [4.69, 9.17) is 9.05 Å². The minimum absolute atomic E-state index is 0.454. The van der Waals surface area contributed by atoms with Crippen LogP contribution in [0.1, 0.15) is 26.7 Å². The Kier molecular flexibility index (Phi) is 5.10. The zero-order valence-electron chi connectivity index (χ0n) is 8.99. The Balaban J connectivity index is 2.29. The third kappa shape index (κ3) is 3.70. The van der Waals surface area contributed by atoms with Crippen molar-refractivity contribution in [2.24, 2.45) is 0 Å². The Bertz CT molecular complexity index is 196. The van der Waals surface area contributed by atoms with Crippen LogP contribution in [0.4, 0.5) is 0 Å². The molecule has 0 radical (unpaired) electrons. The van der Waals surface area contributed by atoms with Crippen LogP contribution in [-0.4, -0.2) is 32.0 Å². The van der Waals surface area contributed by atoms with E-state index in [0.717, 1.165) is 13.0 Å². The Morgan fingerprint density at radius 3 is 2.29 bits per heavy atom. The van der Waals surface area contributed by atoms with Crippen molar-refractivity contribution in [1.29, 1.82) is 0 Å². The second-order valence-corrected chi connectivity index (χ2v) is 5.58. The first kappa shape index (κ1) is 12.2. The monoisotopic (exact) mass is 221 g/mol. The van der Waals surface area contributed by atoms with E-state index in [0.29, 0.717) is 25.4 Å². The number of hydrogen-bond acceptors (Lipinski definition) is 4. The van der Waals surface area contributed by atoms with Crippen LogP contribution >= 0.6 is 7.60 Å². The maximum Gasteiger partial charge on any atom is 0.330 e. The Hall–Kier alpha value is 0.110. The number of hydrogen-bond donors (Lipinski definition) is 1.